The van der Waals surface area contributed by atoms with Crippen molar-refractivity contribution in [2.75, 3.05) is 13.1 Å². The summed E-state index contributed by atoms with van der Waals surface area (Å²) < 4.78 is 7.92. The molecule has 1 atom stereocenters. The molecular weight excluding hydrogens is 370 g/mol. The highest BCUT2D eigenvalue weighted by Gasteiger charge is 2.35. The zero-order valence-corrected chi connectivity index (χ0v) is 16.6. The van der Waals surface area contributed by atoms with Crippen LogP contribution in [0.15, 0.2) is 28.7 Å². The number of fused-ring (bicyclic) bond motifs is 2. The van der Waals surface area contributed by atoms with Gasteiger partial charge >= 0.3 is 0 Å². The van der Waals surface area contributed by atoms with Gasteiger partial charge in [-0.15, -0.1) is 10.2 Å². The Morgan fingerprint density at radius 3 is 2.76 bits per heavy atom. The van der Waals surface area contributed by atoms with Crippen LogP contribution < -0.4 is 0 Å². The highest BCUT2D eigenvalue weighted by Crippen LogP contribution is 2.32. The zero-order valence-electron chi connectivity index (χ0n) is 16.6. The SMILES string of the molecule is CC(=O)N1CCC[C@@H]1c1nnc2n1CCN(C(=O)c1oc3ccccc3c1C)C2. The van der Waals surface area contributed by atoms with Crippen LogP contribution >= 0.6 is 0 Å². The number of likely N-dealkylation sites (tertiary alicyclic amines) is 1. The van der Waals surface area contributed by atoms with E-state index in [9.17, 15) is 9.59 Å². The fourth-order valence-corrected chi connectivity index (χ4v) is 4.53. The van der Waals surface area contributed by atoms with Crippen LogP contribution in [0.2, 0.25) is 0 Å². The Labute approximate surface area is 168 Å². The van der Waals surface area contributed by atoms with Gasteiger partial charge in [0.1, 0.15) is 5.58 Å². The first-order valence-electron chi connectivity index (χ1n) is 10.0. The molecule has 0 aliphatic carbocycles. The molecule has 2 aliphatic rings. The first kappa shape index (κ1) is 17.9. The lowest BCUT2D eigenvalue weighted by atomic mass is 10.1. The summed E-state index contributed by atoms with van der Waals surface area (Å²) in [4.78, 5) is 28.7. The summed E-state index contributed by atoms with van der Waals surface area (Å²) in [5.74, 6) is 1.92. The number of aryl methyl sites for hydroxylation is 1. The summed E-state index contributed by atoms with van der Waals surface area (Å²) >= 11 is 0. The Hall–Kier alpha value is -3.16. The van der Waals surface area contributed by atoms with Crippen molar-refractivity contribution < 1.29 is 14.0 Å². The van der Waals surface area contributed by atoms with Crippen molar-refractivity contribution in [3.63, 3.8) is 0 Å². The molecule has 8 nitrogen and oxygen atoms in total. The number of rotatable bonds is 2. The van der Waals surface area contributed by atoms with Crippen molar-refractivity contribution >= 4 is 22.8 Å². The van der Waals surface area contributed by atoms with Gasteiger partial charge in [0, 0.05) is 37.5 Å². The summed E-state index contributed by atoms with van der Waals surface area (Å²) in [5, 5.41) is 9.69. The molecule has 29 heavy (non-hydrogen) atoms. The third-order valence-electron chi connectivity index (χ3n) is 6.06. The molecule has 3 aromatic rings. The zero-order chi connectivity index (χ0) is 20.1. The summed E-state index contributed by atoms with van der Waals surface area (Å²) in [6.45, 7) is 5.83. The Morgan fingerprint density at radius 2 is 1.97 bits per heavy atom. The van der Waals surface area contributed by atoms with Crippen LogP contribution in [0.3, 0.4) is 0 Å². The van der Waals surface area contributed by atoms with Crippen molar-refractivity contribution in [1.29, 1.82) is 0 Å². The largest absolute Gasteiger partial charge is 0.451 e. The van der Waals surface area contributed by atoms with Crippen LogP contribution in [0.5, 0.6) is 0 Å². The monoisotopic (exact) mass is 393 g/mol. The molecule has 0 saturated carbocycles. The molecule has 2 amide bonds. The number of amides is 2. The first-order chi connectivity index (χ1) is 14.0. The van der Waals surface area contributed by atoms with E-state index in [0.29, 0.717) is 25.4 Å². The fraction of sp³-hybridized carbons (Fsp3) is 0.429. The molecule has 1 saturated heterocycles. The maximum Gasteiger partial charge on any atom is 0.290 e. The van der Waals surface area contributed by atoms with Crippen molar-refractivity contribution in [2.45, 2.75) is 45.8 Å². The molecule has 0 unspecified atom stereocenters. The van der Waals surface area contributed by atoms with E-state index >= 15 is 0 Å². The van der Waals surface area contributed by atoms with Gasteiger partial charge in [-0.05, 0) is 25.8 Å². The molecule has 5 rings (SSSR count). The number of hydrogen-bond acceptors (Lipinski definition) is 5. The fourth-order valence-electron chi connectivity index (χ4n) is 4.53. The van der Waals surface area contributed by atoms with E-state index < -0.39 is 0 Å². The molecule has 4 heterocycles. The van der Waals surface area contributed by atoms with E-state index in [2.05, 4.69) is 14.8 Å². The van der Waals surface area contributed by atoms with E-state index in [4.69, 9.17) is 4.42 Å². The minimum atomic E-state index is -0.124. The van der Waals surface area contributed by atoms with Crippen molar-refractivity contribution in [1.82, 2.24) is 24.6 Å². The highest BCUT2D eigenvalue weighted by molar-refractivity contribution is 5.98. The second kappa shape index (κ2) is 6.72. The average molecular weight is 393 g/mol. The van der Waals surface area contributed by atoms with Crippen molar-refractivity contribution in [3.05, 3.63) is 47.2 Å². The Balaban J connectivity index is 1.40. The molecule has 8 heteroatoms. The molecule has 2 aliphatic heterocycles. The second-order valence-electron chi connectivity index (χ2n) is 7.78. The average Bonchev–Trinajstić information content (AvgIpc) is 3.44. The Bertz CT molecular complexity index is 1110. The van der Waals surface area contributed by atoms with Gasteiger partial charge in [-0.2, -0.15) is 0 Å². The lowest BCUT2D eigenvalue weighted by molar-refractivity contribution is -0.129. The van der Waals surface area contributed by atoms with Gasteiger partial charge in [0.15, 0.2) is 17.4 Å². The van der Waals surface area contributed by atoms with Gasteiger partial charge in [-0.1, -0.05) is 18.2 Å². The Morgan fingerprint density at radius 1 is 1.14 bits per heavy atom. The molecule has 0 bridgehead atoms. The summed E-state index contributed by atoms with van der Waals surface area (Å²) in [6.07, 6.45) is 1.88. The third-order valence-corrected chi connectivity index (χ3v) is 6.06. The van der Waals surface area contributed by atoms with Crippen molar-refractivity contribution in [2.24, 2.45) is 0 Å². The minimum absolute atomic E-state index is 0.0198. The topological polar surface area (TPSA) is 84.5 Å². The molecule has 0 spiro atoms. The Kier molecular flexibility index (Phi) is 4.15. The number of furan rings is 1. The van der Waals surface area contributed by atoms with E-state index in [-0.39, 0.29) is 17.9 Å². The van der Waals surface area contributed by atoms with Gasteiger partial charge in [0.25, 0.3) is 5.91 Å². The van der Waals surface area contributed by atoms with Gasteiger partial charge in [0.2, 0.25) is 5.91 Å². The van der Waals surface area contributed by atoms with Gasteiger partial charge < -0.3 is 18.8 Å². The molecule has 1 fully saturated rings. The van der Waals surface area contributed by atoms with Crippen LogP contribution in [0.25, 0.3) is 11.0 Å². The van der Waals surface area contributed by atoms with E-state index in [0.717, 1.165) is 47.6 Å². The number of nitrogens with zero attached hydrogens (tertiary/aromatic N) is 5. The lowest BCUT2D eigenvalue weighted by Crippen LogP contribution is -2.39. The molecular formula is C21H23N5O3. The van der Waals surface area contributed by atoms with Crippen LogP contribution in [-0.2, 0) is 17.9 Å². The lowest BCUT2D eigenvalue weighted by Gasteiger charge is -2.29. The van der Waals surface area contributed by atoms with Gasteiger partial charge in [0.05, 0.1) is 12.6 Å². The van der Waals surface area contributed by atoms with Gasteiger partial charge in [-0.25, -0.2) is 0 Å². The molecule has 150 valence electrons. The first-order valence-corrected chi connectivity index (χ1v) is 10.0. The van der Waals surface area contributed by atoms with E-state index in [1.807, 2.05) is 36.1 Å². The van der Waals surface area contributed by atoms with E-state index in [1.165, 1.54) is 0 Å². The summed E-state index contributed by atoms with van der Waals surface area (Å²) in [6, 6.07) is 7.66. The quantitative estimate of drug-likeness (QED) is 0.668. The van der Waals surface area contributed by atoms with Crippen molar-refractivity contribution in [3.8, 4) is 0 Å². The number of carbonyl (C=O) groups is 2. The number of benzene rings is 1. The predicted molar refractivity (Wildman–Crippen MR) is 105 cm³/mol. The standard InChI is InChI=1S/C21H23N5O3/c1-13-15-6-3-4-8-17(15)29-19(13)21(28)24-10-11-26-18(12-24)22-23-20(26)16-7-5-9-25(16)14(2)27/h3-4,6,8,16H,5,7,9-12H2,1-2H3/t16-/m1/s1. The molecule has 0 N–H and O–H groups in total. The smallest absolute Gasteiger partial charge is 0.290 e. The second-order valence-corrected chi connectivity index (χ2v) is 7.78. The van der Waals surface area contributed by atoms with Crippen LogP contribution in [-0.4, -0.2) is 49.5 Å². The normalized spacial score (nSPS) is 19.0. The number of aromatic nitrogens is 3. The number of carbonyl (C=O) groups excluding carboxylic acids is 2. The predicted octanol–water partition coefficient (Wildman–Crippen LogP) is 2.67. The summed E-state index contributed by atoms with van der Waals surface area (Å²) in [5.41, 5.74) is 1.59. The minimum Gasteiger partial charge on any atom is -0.451 e. The van der Waals surface area contributed by atoms with Gasteiger partial charge in [-0.3, -0.25) is 9.59 Å². The molecule has 2 aromatic heterocycles. The van der Waals surface area contributed by atoms with Crippen LogP contribution in [0.4, 0.5) is 0 Å². The highest BCUT2D eigenvalue weighted by atomic mass is 16.3. The third kappa shape index (κ3) is 2.82. The number of hydrogen-bond donors (Lipinski definition) is 0. The maximum atomic E-state index is 13.1. The van der Waals surface area contributed by atoms with E-state index in [1.54, 1.807) is 11.8 Å². The summed E-state index contributed by atoms with van der Waals surface area (Å²) in [7, 11) is 0. The molecule has 1 aromatic carbocycles. The maximum absolute atomic E-state index is 13.1. The number of para-hydroxylation sites is 1. The van der Waals surface area contributed by atoms with Crippen LogP contribution in [0, 0.1) is 6.92 Å². The molecule has 0 radical (unpaired) electrons. The van der Waals surface area contributed by atoms with Crippen LogP contribution in [0.1, 0.15) is 53.6 Å².